The van der Waals surface area contributed by atoms with Crippen molar-refractivity contribution in [3.05, 3.63) is 104 Å². The highest BCUT2D eigenvalue weighted by Gasteiger charge is 2.45. The Morgan fingerprint density at radius 1 is 0.771 bits per heavy atom. The average Bonchev–Trinajstić information content (AvgIpc) is 3.61. The molecule has 9 heteroatoms. The van der Waals surface area contributed by atoms with Crippen LogP contribution in [0.4, 0.5) is 16.2 Å². The number of amides is 4. The molecule has 0 radical (unpaired) electrons. The lowest BCUT2D eigenvalue weighted by molar-refractivity contribution is -0.134. The summed E-state index contributed by atoms with van der Waals surface area (Å²) in [6.07, 6.45) is 8.64. The molecule has 2 aromatic rings. The highest BCUT2D eigenvalue weighted by Crippen LogP contribution is 2.51. The van der Waals surface area contributed by atoms with E-state index in [2.05, 4.69) is 87.8 Å². The van der Waals surface area contributed by atoms with Crippen LogP contribution < -0.4 is 9.80 Å². The Hall–Kier alpha value is -3.81. The molecular weight excluding hydrogens is 643 g/mol. The Balaban J connectivity index is 1.45. The molecule has 252 valence electrons. The summed E-state index contributed by atoms with van der Waals surface area (Å²) in [5.74, 6) is -1.18. The number of barbiturate groups is 1. The zero-order valence-electron chi connectivity index (χ0n) is 29.1. The maximum Gasteiger partial charge on any atom is 0.333 e. The molecular formula is C39H44Cl2N4O3. The van der Waals surface area contributed by atoms with Crippen molar-refractivity contribution >= 4 is 52.4 Å². The van der Waals surface area contributed by atoms with E-state index in [4.69, 9.17) is 23.2 Å². The molecule has 1 saturated carbocycles. The summed E-state index contributed by atoms with van der Waals surface area (Å²) in [7, 11) is 2.88. The van der Waals surface area contributed by atoms with E-state index in [1.807, 2.05) is 18.2 Å². The number of benzene rings is 2. The first-order valence-electron chi connectivity index (χ1n) is 16.8. The van der Waals surface area contributed by atoms with E-state index in [0.717, 1.165) is 63.1 Å². The van der Waals surface area contributed by atoms with Crippen molar-refractivity contribution in [3.63, 3.8) is 0 Å². The maximum absolute atomic E-state index is 13.8. The molecule has 0 aromatic heterocycles. The van der Waals surface area contributed by atoms with E-state index in [1.54, 1.807) is 0 Å². The van der Waals surface area contributed by atoms with E-state index in [1.165, 1.54) is 25.4 Å². The van der Waals surface area contributed by atoms with Gasteiger partial charge in [-0.1, -0.05) is 63.0 Å². The van der Waals surface area contributed by atoms with Crippen LogP contribution in [0.15, 0.2) is 82.7 Å². The minimum Gasteiger partial charge on any atom is -0.345 e. The molecule has 1 unspecified atom stereocenters. The lowest BCUT2D eigenvalue weighted by Crippen LogP contribution is -2.53. The van der Waals surface area contributed by atoms with Crippen LogP contribution in [0, 0.1) is 5.92 Å². The van der Waals surface area contributed by atoms with Gasteiger partial charge in [0.25, 0.3) is 11.8 Å². The topological polar surface area (TPSA) is 64.2 Å². The summed E-state index contributed by atoms with van der Waals surface area (Å²) >= 11 is 12.9. The number of nitrogens with zero attached hydrogens (tertiary/aromatic N) is 4. The number of hydrogen-bond acceptors (Lipinski definition) is 5. The number of carbonyl (C=O) groups is 3. The molecule has 3 aliphatic heterocycles. The predicted octanol–water partition coefficient (Wildman–Crippen LogP) is 8.77. The third kappa shape index (κ3) is 5.21. The molecule has 48 heavy (non-hydrogen) atoms. The van der Waals surface area contributed by atoms with Gasteiger partial charge in [0.05, 0.1) is 0 Å². The molecule has 3 heterocycles. The monoisotopic (exact) mass is 686 g/mol. The van der Waals surface area contributed by atoms with E-state index in [0.29, 0.717) is 22.9 Å². The van der Waals surface area contributed by atoms with Crippen molar-refractivity contribution in [1.82, 2.24) is 9.80 Å². The standard InChI is InChI=1S/C39H44Cl2N4O3/c1-9-44-29-17-15-25(40)21-27(29)38(3,4)31(44)19-13-23-11-12-24(33(23)34-35(46)42(7)37(48)43(8)36(34)47)14-20-32-39(5,6)28-22-26(41)16-18-30(28)45(32)10-2/h13,15-22,24H,9-12,14H2,1-8H3/b23-13+,31-19+,32-20+. The second-order valence-electron chi connectivity index (χ2n) is 14.2. The molecule has 1 atom stereocenters. The molecule has 2 fully saturated rings. The lowest BCUT2D eigenvalue weighted by Gasteiger charge is -2.31. The van der Waals surface area contributed by atoms with Crippen LogP contribution in [0.3, 0.4) is 0 Å². The van der Waals surface area contributed by atoms with Gasteiger partial charge in [0.1, 0.15) is 5.57 Å². The van der Waals surface area contributed by atoms with Gasteiger partial charge in [-0.25, -0.2) is 4.79 Å². The number of hydrogen-bond donors (Lipinski definition) is 0. The number of carbonyl (C=O) groups excluding carboxylic acids is 3. The molecule has 2 aromatic carbocycles. The van der Waals surface area contributed by atoms with Crippen LogP contribution >= 0.6 is 23.2 Å². The molecule has 1 aliphatic carbocycles. The van der Waals surface area contributed by atoms with Gasteiger partial charge in [-0.2, -0.15) is 0 Å². The molecule has 0 bridgehead atoms. The van der Waals surface area contributed by atoms with Crippen LogP contribution in [-0.4, -0.2) is 54.8 Å². The zero-order valence-corrected chi connectivity index (χ0v) is 30.6. The van der Waals surface area contributed by atoms with Gasteiger partial charge in [0.2, 0.25) is 0 Å². The molecule has 7 nitrogen and oxygen atoms in total. The molecule has 4 amide bonds. The van der Waals surface area contributed by atoms with E-state index in [9.17, 15) is 14.4 Å². The Kier molecular flexibility index (Phi) is 8.70. The third-order valence-electron chi connectivity index (χ3n) is 10.8. The minimum atomic E-state index is -0.621. The summed E-state index contributed by atoms with van der Waals surface area (Å²) in [6, 6.07) is 11.5. The number of rotatable bonds is 5. The number of likely N-dealkylation sites (N-methyl/N-ethyl adjacent to an activating group) is 4. The molecule has 1 saturated heterocycles. The number of halogens is 2. The number of allylic oxidation sites excluding steroid dienone is 7. The van der Waals surface area contributed by atoms with Crippen molar-refractivity contribution in [2.24, 2.45) is 5.92 Å². The second kappa shape index (κ2) is 12.3. The van der Waals surface area contributed by atoms with Gasteiger partial charge >= 0.3 is 6.03 Å². The fraction of sp³-hybridized carbons (Fsp3) is 0.410. The normalized spacial score (nSPS) is 24.2. The fourth-order valence-electron chi connectivity index (χ4n) is 8.18. The zero-order chi connectivity index (χ0) is 34.9. The Labute approximate surface area is 294 Å². The summed E-state index contributed by atoms with van der Waals surface area (Å²) in [4.78, 5) is 47.0. The van der Waals surface area contributed by atoms with Crippen LogP contribution in [0.5, 0.6) is 0 Å². The Morgan fingerprint density at radius 3 is 1.79 bits per heavy atom. The molecule has 4 aliphatic rings. The number of urea groups is 1. The maximum atomic E-state index is 13.8. The van der Waals surface area contributed by atoms with E-state index < -0.39 is 17.8 Å². The van der Waals surface area contributed by atoms with Gasteiger partial charge < -0.3 is 9.80 Å². The van der Waals surface area contributed by atoms with Crippen LogP contribution in [-0.2, 0) is 20.4 Å². The van der Waals surface area contributed by atoms with Crippen molar-refractivity contribution < 1.29 is 14.4 Å². The molecule has 0 spiro atoms. The van der Waals surface area contributed by atoms with Gasteiger partial charge in [-0.15, -0.1) is 0 Å². The van der Waals surface area contributed by atoms with Crippen LogP contribution in [0.2, 0.25) is 10.0 Å². The minimum absolute atomic E-state index is 0.0864. The quantitative estimate of drug-likeness (QED) is 0.232. The average molecular weight is 688 g/mol. The summed E-state index contributed by atoms with van der Waals surface area (Å²) < 4.78 is 0. The smallest absolute Gasteiger partial charge is 0.333 e. The van der Waals surface area contributed by atoms with Gasteiger partial charge in [0, 0.05) is 70.8 Å². The van der Waals surface area contributed by atoms with Crippen molar-refractivity contribution in [2.75, 3.05) is 37.0 Å². The van der Waals surface area contributed by atoms with Crippen LogP contribution in [0.1, 0.15) is 71.9 Å². The fourth-order valence-corrected chi connectivity index (χ4v) is 8.52. The Morgan fingerprint density at radius 2 is 1.27 bits per heavy atom. The number of imide groups is 2. The van der Waals surface area contributed by atoms with Gasteiger partial charge in [-0.3, -0.25) is 19.4 Å². The lowest BCUT2D eigenvalue weighted by atomic mass is 9.82. The van der Waals surface area contributed by atoms with Gasteiger partial charge in [-0.05, 0) is 104 Å². The van der Waals surface area contributed by atoms with Crippen LogP contribution in [0.25, 0.3) is 0 Å². The molecule has 0 N–H and O–H groups in total. The SMILES string of the molecule is CCN1/C(=C/C=C2\CCC(C/C=C3/N(CC)c4ccc(Cl)cc4C3(C)C)C2=C2C(=O)N(C)C(=O)N(C)C2=O)C(C)(C)c2cc(Cl)ccc21. The van der Waals surface area contributed by atoms with Gasteiger partial charge in [0.15, 0.2) is 0 Å². The number of anilines is 2. The Bertz CT molecular complexity index is 1840. The highest BCUT2D eigenvalue weighted by atomic mass is 35.5. The summed E-state index contributed by atoms with van der Waals surface area (Å²) in [5, 5.41) is 1.41. The van der Waals surface area contributed by atoms with Crippen molar-refractivity contribution in [2.45, 2.75) is 71.6 Å². The second-order valence-corrected chi connectivity index (χ2v) is 15.0. The van der Waals surface area contributed by atoms with Crippen molar-refractivity contribution in [3.8, 4) is 0 Å². The van der Waals surface area contributed by atoms with Crippen molar-refractivity contribution in [1.29, 1.82) is 0 Å². The first-order chi connectivity index (χ1) is 22.6. The third-order valence-corrected chi connectivity index (χ3v) is 11.2. The number of fused-ring (bicyclic) bond motifs is 2. The highest BCUT2D eigenvalue weighted by molar-refractivity contribution is 6.31. The summed E-state index contributed by atoms with van der Waals surface area (Å²) in [5.41, 5.74) is 8.13. The first kappa shape index (κ1) is 34.1. The van der Waals surface area contributed by atoms with E-state index >= 15 is 0 Å². The largest absolute Gasteiger partial charge is 0.345 e. The summed E-state index contributed by atoms with van der Waals surface area (Å²) in [6.45, 7) is 14.7. The predicted molar refractivity (Wildman–Crippen MR) is 195 cm³/mol. The molecule has 6 rings (SSSR count). The van der Waals surface area contributed by atoms with E-state index in [-0.39, 0.29) is 22.3 Å². The first-order valence-corrected chi connectivity index (χ1v) is 17.5.